The predicted octanol–water partition coefficient (Wildman–Crippen LogP) is 0.0143. The van der Waals surface area contributed by atoms with Crippen LogP contribution in [0.3, 0.4) is 0 Å². The molecule has 1 heterocycles. The van der Waals surface area contributed by atoms with Gasteiger partial charge in [0.2, 0.25) is 5.91 Å². The minimum Gasteiger partial charge on any atom is -0.352 e. The summed E-state index contributed by atoms with van der Waals surface area (Å²) >= 11 is 0. The number of amides is 1. The van der Waals surface area contributed by atoms with Crippen LogP contribution >= 0.6 is 0 Å². The van der Waals surface area contributed by atoms with Crippen LogP contribution < -0.4 is 10.6 Å². The van der Waals surface area contributed by atoms with Gasteiger partial charge in [0, 0.05) is 19.1 Å². The van der Waals surface area contributed by atoms with Gasteiger partial charge in [-0.05, 0) is 13.8 Å². The molecule has 0 aromatic carbocycles. The zero-order valence-electron chi connectivity index (χ0n) is 8.05. The number of hydrogen-bond acceptors (Lipinski definition) is 3. The molecule has 72 valence electrons. The average molecular weight is 181 g/mol. The molecule has 2 N–H and O–H groups in total. The van der Waals surface area contributed by atoms with E-state index < -0.39 is 0 Å². The van der Waals surface area contributed by atoms with E-state index in [0.717, 1.165) is 13.1 Å². The molecule has 13 heavy (non-hydrogen) atoms. The zero-order valence-corrected chi connectivity index (χ0v) is 8.05. The quantitative estimate of drug-likeness (QED) is 0.645. The Hall–Kier alpha value is -1.08. The Labute approximate surface area is 78.3 Å². The normalized spacial score (nSPS) is 21.0. The first kappa shape index (κ1) is 10.0. The van der Waals surface area contributed by atoms with Crippen molar-refractivity contribution in [1.29, 1.82) is 5.26 Å². The topological polar surface area (TPSA) is 64.9 Å². The van der Waals surface area contributed by atoms with E-state index in [1.54, 1.807) is 0 Å². The van der Waals surface area contributed by atoms with Gasteiger partial charge in [-0.1, -0.05) is 0 Å². The fraction of sp³-hybridized carbons (Fsp3) is 0.778. The van der Waals surface area contributed by atoms with E-state index in [2.05, 4.69) is 10.6 Å². The molecule has 0 saturated carbocycles. The molecule has 1 fully saturated rings. The van der Waals surface area contributed by atoms with Crippen molar-refractivity contribution in [3.63, 3.8) is 0 Å². The Morgan fingerprint density at radius 2 is 2.38 bits per heavy atom. The predicted molar refractivity (Wildman–Crippen MR) is 48.8 cm³/mol. The van der Waals surface area contributed by atoms with Crippen LogP contribution in [0.2, 0.25) is 0 Å². The maximum absolute atomic E-state index is 11.6. The first-order chi connectivity index (χ1) is 6.08. The van der Waals surface area contributed by atoms with Gasteiger partial charge in [0.15, 0.2) is 0 Å². The molecule has 1 unspecified atom stereocenters. The Kier molecular flexibility index (Phi) is 2.89. The fourth-order valence-electron chi connectivity index (χ4n) is 1.25. The van der Waals surface area contributed by atoms with Gasteiger partial charge in [-0.25, -0.2) is 0 Å². The first-order valence-electron chi connectivity index (χ1n) is 4.47. The molecule has 0 aliphatic carbocycles. The number of hydrogen-bond donors (Lipinski definition) is 2. The van der Waals surface area contributed by atoms with Crippen molar-refractivity contribution in [2.45, 2.75) is 26.3 Å². The van der Waals surface area contributed by atoms with Crippen molar-refractivity contribution in [2.75, 3.05) is 13.1 Å². The van der Waals surface area contributed by atoms with E-state index in [4.69, 9.17) is 5.26 Å². The third kappa shape index (κ3) is 2.19. The zero-order chi connectivity index (χ0) is 9.90. The summed E-state index contributed by atoms with van der Waals surface area (Å²) in [4.78, 5) is 11.6. The van der Waals surface area contributed by atoms with E-state index in [0.29, 0.717) is 6.42 Å². The molecule has 1 aliphatic rings. The lowest BCUT2D eigenvalue weighted by molar-refractivity contribution is -0.133. The second-order valence-corrected chi connectivity index (χ2v) is 3.90. The van der Waals surface area contributed by atoms with Crippen LogP contribution in [0, 0.1) is 16.7 Å². The third-order valence-electron chi connectivity index (χ3n) is 2.35. The van der Waals surface area contributed by atoms with E-state index in [9.17, 15) is 4.79 Å². The van der Waals surface area contributed by atoms with Crippen LogP contribution in [-0.2, 0) is 4.79 Å². The highest BCUT2D eigenvalue weighted by molar-refractivity contribution is 5.84. The number of rotatable bonds is 3. The van der Waals surface area contributed by atoms with Crippen molar-refractivity contribution in [1.82, 2.24) is 10.6 Å². The largest absolute Gasteiger partial charge is 0.352 e. The van der Waals surface area contributed by atoms with Crippen molar-refractivity contribution in [3.05, 3.63) is 0 Å². The molecule has 4 heteroatoms. The monoisotopic (exact) mass is 181 g/mol. The standard InChI is InChI=1S/C9H15N3O/c1-7(3-4-10)12-8(13)9(2)5-11-6-9/h7,11H,3,5-6H2,1-2H3,(H,12,13). The smallest absolute Gasteiger partial charge is 0.228 e. The molecule has 1 saturated heterocycles. The molecule has 1 aliphatic heterocycles. The maximum Gasteiger partial charge on any atom is 0.228 e. The second kappa shape index (κ2) is 3.75. The van der Waals surface area contributed by atoms with Gasteiger partial charge in [-0.15, -0.1) is 0 Å². The van der Waals surface area contributed by atoms with Crippen LogP contribution in [0.25, 0.3) is 0 Å². The summed E-state index contributed by atoms with van der Waals surface area (Å²) in [6.07, 6.45) is 0.370. The van der Waals surface area contributed by atoms with Crippen LogP contribution in [0.1, 0.15) is 20.3 Å². The Morgan fingerprint density at radius 3 is 2.77 bits per heavy atom. The molecule has 4 nitrogen and oxygen atoms in total. The van der Waals surface area contributed by atoms with Gasteiger partial charge in [0.1, 0.15) is 0 Å². The van der Waals surface area contributed by atoms with Gasteiger partial charge in [-0.2, -0.15) is 5.26 Å². The second-order valence-electron chi connectivity index (χ2n) is 3.90. The van der Waals surface area contributed by atoms with E-state index in [1.165, 1.54) is 0 Å². The van der Waals surface area contributed by atoms with Gasteiger partial charge < -0.3 is 10.6 Å². The summed E-state index contributed by atoms with van der Waals surface area (Å²) in [6, 6.07) is 1.98. The molecule has 1 rings (SSSR count). The summed E-state index contributed by atoms with van der Waals surface area (Å²) in [5.74, 6) is 0.0500. The molecular formula is C9H15N3O. The van der Waals surface area contributed by atoms with Crippen LogP contribution in [0.5, 0.6) is 0 Å². The SMILES string of the molecule is CC(CC#N)NC(=O)C1(C)CNC1. The molecule has 0 spiro atoms. The number of nitriles is 1. The Morgan fingerprint density at radius 1 is 1.77 bits per heavy atom. The summed E-state index contributed by atoms with van der Waals surface area (Å²) < 4.78 is 0. The van der Waals surface area contributed by atoms with Crippen molar-refractivity contribution >= 4 is 5.91 Å². The number of nitrogens with one attached hydrogen (secondary N) is 2. The Bertz CT molecular complexity index is 240. The van der Waals surface area contributed by atoms with Crippen molar-refractivity contribution in [2.24, 2.45) is 5.41 Å². The highest BCUT2D eigenvalue weighted by atomic mass is 16.2. The molecule has 0 radical (unpaired) electrons. The van der Waals surface area contributed by atoms with E-state index >= 15 is 0 Å². The lowest BCUT2D eigenvalue weighted by Gasteiger charge is -2.38. The number of carbonyl (C=O) groups is 1. The van der Waals surface area contributed by atoms with Gasteiger partial charge in [-0.3, -0.25) is 4.79 Å². The van der Waals surface area contributed by atoms with Crippen molar-refractivity contribution in [3.8, 4) is 6.07 Å². The Balaban J connectivity index is 2.37. The van der Waals surface area contributed by atoms with Gasteiger partial charge in [0.25, 0.3) is 0 Å². The van der Waals surface area contributed by atoms with Gasteiger partial charge in [0.05, 0.1) is 17.9 Å². The van der Waals surface area contributed by atoms with E-state index in [1.807, 2.05) is 19.9 Å². The highest BCUT2D eigenvalue weighted by Gasteiger charge is 2.39. The third-order valence-corrected chi connectivity index (χ3v) is 2.35. The number of nitrogens with zero attached hydrogens (tertiary/aromatic N) is 1. The summed E-state index contributed by atoms with van der Waals surface area (Å²) in [7, 11) is 0. The fourth-order valence-corrected chi connectivity index (χ4v) is 1.25. The number of carbonyl (C=O) groups excluding carboxylic acids is 1. The average Bonchev–Trinajstić information content (AvgIpc) is 2.00. The molecule has 1 amide bonds. The van der Waals surface area contributed by atoms with Gasteiger partial charge >= 0.3 is 0 Å². The lowest BCUT2D eigenvalue weighted by Crippen LogP contribution is -2.60. The minimum absolute atomic E-state index is 0.0464. The first-order valence-corrected chi connectivity index (χ1v) is 4.47. The molecular weight excluding hydrogens is 166 g/mol. The summed E-state index contributed by atoms with van der Waals surface area (Å²) in [5, 5.41) is 14.3. The summed E-state index contributed by atoms with van der Waals surface area (Å²) in [5.41, 5.74) is -0.260. The van der Waals surface area contributed by atoms with E-state index in [-0.39, 0.29) is 17.4 Å². The summed E-state index contributed by atoms with van der Waals surface area (Å²) in [6.45, 7) is 5.24. The van der Waals surface area contributed by atoms with Crippen LogP contribution in [-0.4, -0.2) is 25.0 Å². The molecule has 0 aromatic heterocycles. The molecule has 0 aromatic rings. The highest BCUT2D eigenvalue weighted by Crippen LogP contribution is 2.21. The lowest BCUT2D eigenvalue weighted by atomic mass is 9.83. The molecule has 1 atom stereocenters. The minimum atomic E-state index is -0.260. The van der Waals surface area contributed by atoms with Crippen molar-refractivity contribution < 1.29 is 4.79 Å². The molecule has 0 bridgehead atoms. The van der Waals surface area contributed by atoms with Crippen LogP contribution in [0.15, 0.2) is 0 Å². The van der Waals surface area contributed by atoms with Crippen LogP contribution in [0.4, 0.5) is 0 Å². The maximum atomic E-state index is 11.6.